The van der Waals surface area contributed by atoms with Crippen LogP contribution < -0.4 is 4.74 Å². The second-order valence-electron chi connectivity index (χ2n) is 5.23. The summed E-state index contributed by atoms with van der Waals surface area (Å²) in [4.78, 5) is 4.67. The van der Waals surface area contributed by atoms with E-state index < -0.39 is 0 Å². The molecule has 0 atom stereocenters. The molecule has 1 aromatic heterocycles. The standard InChI is InChI=1S/C17H13NO3/c1-21-16-7-9-4-11-5-10-6-12(19)2-3-14(10)18-17(11)13(9)8-15(16)20/h2-3,5-8,19-20H,4H2,1H3. The van der Waals surface area contributed by atoms with Gasteiger partial charge in [0.25, 0.3) is 0 Å². The third kappa shape index (κ3) is 1.72. The molecule has 0 radical (unpaired) electrons. The van der Waals surface area contributed by atoms with Crippen molar-refractivity contribution in [2.24, 2.45) is 0 Å². The number of methoxy groups -OCH3 is 1. The molecular formula is C17H13NO3. The van der Waals surface area contributed by atoms with Gasteiger partial charge in [-0.05, 0) is 47.5 Å². The van der Waals surface area contributed by atoms with E-state index in [1.54, 1.807) is 31.4 Å². The molecule has 1 heterocycles. The minimum Gasteiger partial charge on any atom is -0.508 e. The Labute approximate surface area is 121 Å². The van der Waals surface area contributed by atoms with Crippen molar-refractivity contribution < 1.29 is 14.9 Å². The van der Waals surface area contributed by atoms with E-state index in [-0.39, 0.29) is 11.5 Å². The fraction of sp³-hybridized carbons (Fsp3) is 0.118. The van der Waals surface area contributed by atoms with Crippen LogP contribution in [0, 0.1) is 0 Å². The number of phenols is 2. The van der Waals surface area contributed by atoms with Crippen LogP contribution in [0.5, 0.6) is 17.2 Å². The van der Waals surface area contributed by atoms with Crippen molar-refractivity contribution in [2.75, 3.05) is 7.11 Å². The summed E-state index contributed by atoms with van der Waals surface area (Å²) >= 11 is 0. The topological polar surface area (TPSA) is 62.6 Å². The number of pyridine rings is 1. The summed E-state index contributed by atoms with van der Waals surface area (Å²) in [6.45, 7) is 0. The molecule has 0 bridgehead atoms. The molecule has 0 amide bonds. The van der Waals surface area contributed by atoms with Crippen molar-refractivity contribution in [1.29, 1.82) is 0 Å². The molecule has 0 aliphatic heterocycles. The lowest BCUT2D eigenvalue weighted by Gasteiger charge is -2.07. The number of phenolic OH excluding ortho intramolecular Hbond substituents is 2. The lowest BCUT2D eigenvalue weighted by Crippen LogP contribution is -1.88. The molecule has 0 unspecified atom stereocenters. The second kappa shape index (κ2) is 4.12. The molecule has 2 aromatic carbocycles. The van der Waals surface area contributed by atoms with Crippen molar-refractivity contribution in [3.8, 4) is 28.5 Å². The molecule has 104 valence electrons. The number of benzene rings is 2. The minimum absolute atomic E-state index is 0.122. The van der Waals surface area contributed by atoms with Gasteiger partial charge in [0.1, 0.15) is 5.75 Å². The maximum absolute atomic E-state index is 9.96. The highest BCUT2D eigenvalue weighted by Gasteiger charge is 2.23. The van der Waals surface area contributed by atoms with Gasteiger partial charge in [-0.2, -0.15) is 0 Å². The zero-order valence-electron chi connectivity index (χ0n) is 11.4. The highest BCUT2D eigenvalue weighted by atomic mass is 16.5. The maximum atomic E-state index is 9.96. The lowest BCUT2D eigenvalue weighted by molar-refractivity contribution is 0.373. The number of fused-ring (bicyclic) bond motifs is 4. The molecule has 0 fully saturated rings. The fourth-order valence-electron chi connectivity index (χ4n) is 2.92. The normalized spacial score (nSPS) is 12.2. The van der Waals surface area contributed by atoms with Gasteiger partial charge in [0, 0.05) is 17.4 Å². The van der Waals surface area contributed by atoms with Crippen LogP contribution in [-0.4, -0.2) is 22.3 Å². The molecule has 1 aliphatic carbocycles. The van der Waals surface area contributed by atoms with Crippen LogP contribution in [0.2, 0.25) is 0 Å². The van der Waals surface area contributed by atoms with Gasteiger partial charge in [0.05, 0.1) is 18.3 Å². The molecule has 1 aliphatic rings. The quantitative estimate of drug-likeness (QED) is 0.561. The Morgan fingerprint density at radius 2 is 1.90 bits per heavy atom. The van der Waals surface area contributed by atoms with Gasteiger partial charge in [0.2, 0.25) is 0 Å². The van der Waals surface area contributed by atoms with E-state index in [9.17, 15) is 10.2 Å². The molecular weight excluding hydrogens is 266 g/mol. The fourth-order valence-corrected chi connectivity index (χ4v) is 2.92. The molecule has 4 heteroatoms. The summed E-state index contributed by atoms with van der Waals surface area (Å²) in [7, 11) is 1.54. The number of ether oxygens (including phenoxy) is 1. The first-order valence-electron chi connectivity index (χ1n) is 6.68. The summed E-state index contributed by atoms with van der Waals surface area (Å²) in [6.07, 6.45) is 0.750. The zero-order chi connectivity index (χ0) is 14.6. The Morgan fingerprint density at radius 3 is 2.71 bits per heavy atom. The van der Waals surface area contributed by atoms with Gasteiger partial charge in [0.15, 0.2) is 11.5 Å². The Hall–Kier alpha value is -2.75. The number of aromatic hydroxyl groups is 2. The minimum atomic E-state index is 0.122. The predicted molar refractivity (Wildman–Crippen MR) is 79.9 cm³/mol. The maximum Gasteiger partial charge on any atom is 0.160 e. The summed E-state index contributed by atoms with van der Waals surface area (Å²) in [6, 6.07) is 10.7. The monoisotopic (exact) mass is 279 g/mol. The number of hydrogen-bond donors (Lipinski definition) is 2. The van der Waals surface area contributed by atoms with Gasteiger partial charge in [-0.1, -0.05) is 0 Å². The van der Waals surface area contributed by atoms with Crippen molar-refractivity contribution in [2.45, 2.75) is 6.42 Å². The molecule has 2 N–H and O–H groups in total. The van der Waals surface area contributed by atoms with E-state index in [2.05, 4.69) is 4.98 Å². The van der Waals surface area contributed by atoms with Gasteiger partial charge in [-0.3, -0.25) is 0 Å². The van der Waals surface area contributed by atoms with Crippen LogP contribution in [0.3, 0.4) is 0 Å². The van der Waals surface area contributed by atoms with Gasteiger partial charge in [-0.25, -0.2) is 4.98 Å². The number of aromatic nitrogens is 1. The highest BCUT2D eigenvalue weighted by Crippen LogP contribution is 2.42. The van der Waals surface area contributed by atoms with Crippen LogP contribution in [-0.2, 0) is 6.42 Å². The number of hydrogen-bond acceptors (Lipinski definition) is 4. The Morgan fingerprint density at radius 1 is 1.05 bits per heavy atom. The Bertz CT molecular complexity index is 887. The van der Waals surface area contributed by atoms with Crippen LogP contribution in [0.25, 0.3) is 22.2 Å². The summed E-state index contributed by atoms with van der Waals surface area (Å²) < 4.78 is 5.16. The first-order chi connectivity index (χ1) is 10.2. The smallest absolute Gasteiger partial charge is 0.160 e. The van der Waals surface area contributed by atoms with Crippen molar-refractivity contribution in [1.82, 2.24) is 4.98 Å². The number of nitrogens with zero attached hydrogens (tertiary/aromatic N) is 1. The molecule has 0 saturated carbocycles. The molecule has 21 heavy (non-hydrogen) atoms. The van der Waals surface area contributed by atoms with Gasteiger partial charge < -0.3 is 14.9 Å². The molecule has 0 saturated heterocycles. The van der Waals surface area contributed by atoms with Gasteiger partial charge >= 0.3 is 0 Å². The highest BCUT2D eigenvalue weighted by molar-refractivity contribution is 5.87. The SMILES string of the molecule is COc1cc2c(cc1O)-c1nc3ccc(O)cc3cc1C2. The second-order valence-corrected chi connectivity index (χ2v) is 5.23. The third-order valence-electron chi connectivity index (χ3n) is 3.92. The molecule has 4 nitrogen and oxygen atoms in total. The van der Waals surface area contributed by atoms with E-state index in [4.69, 9.17) is 4.74 Å². The van der Waals surface area contributed by atoms with Crippen molar-refractivity contribution >= 4 is 10.9 Å². The number of rotatable bonds is 1. The first kappa shape index (κ1) is 12.0. The van der Waals surface area contributed by atoms with Crippen LogP contribution >= 0.6 is 0 Å². The zero-order valence-corrected chi connectivity index (χ0v) is 11.4. The van der Waals surface area contributed by atoms with Crippen LogP contribution in [0.1, 0.15) is 11.1 Å². The Balaban J connectivity index is 1.96. The third-order valence-corrected chi connectivity index (χ3v) is 3.92. The summed E-state index contributed by atoms with van der Waals surface area (Å²) in [5, 5.41) is 20.5. The molecule has 3 aromatic rings. The van der Waals surface area contributed by atoms with E-state index in [1.807, 2.05) is 12.1 Å². The van der Waals surface area contributed by atoms with Crippen LogP contribution in [0.4, 0.5) is 0 Å². The van der Waals surface area contributed by atoms with Crippen molar-refractivity contribution in [3.05, 3.63) is 47.5 Å². The Kier molecular flexibility index (Phi) is 2.36. The summed E-state index contributed by atoms with van der Waals surface area (Å²) in [5.41, 5.74) is 4.84. The van der Waals surface area contributed by atoms with Crippen molar-refractivity contribution in [3.63, 3.8) is 0 Å². The largest absolute Gasteiger partial charge is 0.508 e. The molecule has 0 spiro atoms. The average Bonchev–Trinajstić information content (AvgIpc) is 2.80. The van der Waals surface area contributed by atoms with E-state index >= 15 is 0 Å². The predicted octanol–water partition coefficient (Wildman–Crippen LogP) is 3.23. The lowest BCUT2D eigenvalue weighted by atomic mass is 10.1. The molecule has 4 rings (SSSR count). The van der Waals surface area contributed by atoms with E-state index in [1.165, 1.54) is 0 Å². The average molecular weight is 279 g/mol. The first-order valence-corrected chi connectivity index (χ1v) is 6.68. The van der Waals surface area contributed by atoms with Gasteiger partial charge in [-0.15, -0.1) is 0 Å². The summed E-state index contributed by atoms with van der Waals surface area (Å²) in [5.74, 6) is 0.833. The van der Waals surface area contributed by atoms with E-state index in [0.29, 0.717) is 5.75 Å². The van der Waals surface area contributed by atoms with E-state index in [0.717, 1.165) is 39.7 Å². The van der Waals surface area contributed by atoms with Crippen LogP contribution in [0.15, 0.2) is 36.4 Å².